The smallest absolute Gasteiger partial charge is 0.298 e. The molecule has 121 heavy (non-hydrogen) atoms. The molecule has 12 rings (SSSR count). The van der Waals surface area contributed by atoms with Crippen LogP contribution in [0.4, 0.5) is 17.1 Å². The first-order valence-corrected chi connectivity index (χ1v) is 44.3. The first kappa shape index (κ1) is 93.4. The zero-order chi connectivity index (χ0) is 87.1. The Morgan fingerprint density at radius 2 is 0.463 bits per heavy atom. The van der Waals surface area contributed by atoms with Gasteiger partial charge in [0.1, 0.15) is 11.5 Å². The van der Waals surface area contributed by atoms with Crippen LogP contribution >= 0.6 is 0 Å². The third-order valence-corrected chi connectivity index (χ3v) is 22.9. The number of anilines is 3. The predicted molar refractivity (Wildman–Crippen MR) is 503 cm³/mol. The van der Waals surface area contributed by atoms with Crippen LogP contribution in [0.5, 0.6) is 11.5 Å². The molecule has 12 bridgehead atoms. The average molecular weight is 1630 g/mol. The fourth-order valence-corrected chi connectivity index (χ4v) is 16.4. The summed E-state index contributed by atoms with van der Waals surface area (Å²) in [7, 11) is 6.08. The van der Waals surface area contributed by atoms with E-state index in [4.69, 9.17) is 24.4 Å². The fourth-order valence-electron chi connectivity index (χ4n) is 16.4. The van der Waals surface area contributed by atoms with E-state index in [9.17, 15) is 9.59 Å². The zero-order valence-electron chi connectivity index (χ0n) is 76.9. The Morgan fingerprint density at radius 1 is 0.281 bits per heavy atom. The van der Waals surface area contributed by atoms with E-state index < -0.39 is 0 Å². The molecule has 0 aliphatic carbocycles. The summed E-state index contributed by atoms with van der Waals surface area (Å²) in [5, 5.41) is 10.3. The van der Waals surface area contributed by atoms with Crippen LogP contribution in [0.1, 0.15) is 214 Å². The SMILES string of the molecule is CC(C)Cc1ccc(-c2nc(-c3ccc(CC(C)C)cc3)nc(-c3ccc(CC(C)C)cc3)n2)cc1.CNc1cc2cc(c1)CN(C(C)C)Cc1cc(cc(NC)c1)CN(C(C)C)Cc1cc(cc(NC)c1)CN(C(C)C)C2.Cc1cc2cc(c1)CN(C(C)C)Cc1cc(cc(OC=O)c1)CN(C(C)C)Cc1cc(cc(OC=O)c1)CN(C(C)C)C2. The number of ether oxygens (including phenoxy) is 2. The lowest BCUT2D eigenvalue weighted by Crippen LogP contribution is -2.32. The second kappa shape index (κ2) is 44.8. The second-order valence-electron chi connectivity index (χ2n) is 36.8. The molecule has 0 fully saturated rings. The lowest BCUT2D eigenvalue weighted by Gasteiger charge is -2.31. The van der Waals surface area contributed by atoms with Crippen LogP contribution in [0.15, 0.2) is 182 Å². The molecule has 0 radical (unpaired) electrons. The summed E-state index contributed by atoms with van der Waals surface area (Å²) in [5.74, 6) is 5.13. The van der Waals surface area contributed by atoms with Crippen molar-refractivity contribution in [1.29, 1.82) is 0 Å². The van der Waals surface area contributed by atoms with Crippen LogP contribution in [0.2, 0.25) is 0 Å². The normalized spacial score (nSPS) is 14.6. The molecule has 16 heteroatoms. The summed E-state index contributed by atoms with van der Waals surface area (Å²) < 4.78 is 10.8. The quantitative estimate of drug-likeness (QED) is 0.0553. The topological polar surface area (TPSA) is 147 Å². The Kier molecular flexibility index (Phi) is 34.5. The van der Waals surface area contributed by atoms with Crippen molar-refractivity contribution in [3.8, 4) is 45.7 Å². The monoisotopic (exact) mass is 1630 g/mol. The van der Waals surface area contributed by atoms with Gasteiger partial charge in [0.05, 0.1) is 0 Å². The summed E-state index contributed by atoms with van der Waals surface area (Å²) in [6.07, 6.45) is 3.21. The molecule has 2 aliphatic heterocycles. The van der Waals surface area contributed by atoms with Gasteiger partial charge in [0.25, 0.3) is 12.9 Å². The van der Waals surface area contributed by atoms with Crippen molar-refractivity contribution in [1.82, 2.24) is 44.4 Å². The number of fused-ring (bicyclic) bond motifs is 12. The maximum Gasteiger partial charge on any atom is 0.298 e. The highest BCUT2D eigenvalue weighted by Gasteiger charge is 2.24. The highest BCUT2D eigenvalue weighted by Crippen LogP contribution is 2.33. The number of benzene rings is 9. The standard InChI is InChI=1S/C36H54N6.C36H47N3O4.C33H39N3/c1-25(2)40-19-28-10-30(15-34(13-28)37-7)21-41(26(3)4)23-32-12-33(18-36(17-32)39-9)24-42(27(5)6)22-31-11-29(20-40)14-35(16-31)38-8;1-25(2)37-17-29-8-28(7)9-30(10-29)18-38(26(3)4)20-32-12-34(16-36(14-32)43-24-41)22-39(27(5)6)21-33-11-31(19-37)13-35(15-33)42-23-40;1-22(2)19-25-7-13-28(14-8-25)31-34-32(29-15-9-26(10-16-29)20-23(3)4)36-33(35-31)30-17-11-27(12-18-30)21-24(5)6/h10-18,25-27,37-39H,19-24H2,1-9H3;8-16,23-27H,17-22H2,1-7H3;7-18,22-24H,19-21H2,1-6H3. The first-order valence-electron chi connectivity index (χ1n) is 44.3. The molecule has 9 aromatic carbocycles. The van der Waals surface area contributed by atoms with E-state index >= 15 is 0 Å². The summed E-state index contributed by atoms with van der Waals surface area (Å²) >= 11 is 0. The van der Waals surface area contributed by atoms with Crippen LogP contribution in [-0.4, -0.2) is 115 Å². The number of carbonyl (C=O) groups excluding carboxylic acids is 2. The Morgan fingerprint density at radius 3 is 0.628 bits per heavy atom. The van der Waals surface area contributed by atoms with Crippen molar-refractivity contribution in [3.63, 3.8) is 0 Å². The Balaban J connectivity index is 0.000000191. The van der Waals surface area contributed by atoms with Crippen LogP contribution in [0, 0.1) is 24.7 Å². The van der Waals surface area contributed by atoms with Crippen LogP contribution in [0.3, 0.4) is 0 Å². The van der Waals surface area contributed by atoms with E-state index in [2.05, 4.69) is 335 Å². The number of nitrogens with one attached hydrogen (secondary N) is 3. The van der Waals surface area contributed by atoms with Gasteiger partial charge in [0.15, 0.2) is 17.5 Å². The van der Waals surface area contributed by atoms with Crippen molar-refractivity contribution in [3.05, 3.63) is 271 Å². The van der Waals surface area contributed by atoms with Gasteiger partial charge >= 0.3 is 0 Å². The van der Waals surface area contributed by atoms with E-state index in [-0.39, 0.29) is 6.04 Å². The minimum atomic E-state index is 0.247. The number of aromatic nitrogens is 3. The molecule has 0 spiro atoms. The van der Waals surface area contributed by atoms with Crippen LogP contribution in [-0.2, 0) is 107 Å². The molecule has 16 nitrogen and oxygen atoms in total. The molecular weight excluding hydrogens is 1490 g/mol. The van der Waals surface area contributed by atoms with E-state index in [0.717, 1.165) is 124 Å². The van der Waals surface area contributed by atoms with Gasteiger partial charge in [0, 0.05) is 170 Å². The molecule has 3 heterocycles. The molecule has 1 aromatic heterocycles. The van der Waals surface area contributed by atoms with E-state index in [1.54, 1.807) is 0 Å². The minimum Gasteiger partial charge on any atom is -0.429 e. The summed E-state index contributed by atoms with van der Waals surface area (Å²) in [6.45, 7) is 53.7. The van der Waals surface area contributed by atoms with Gasteiger partial charge in [-0.3, -0.25) is 39.0 Å². The van der Waals surface area contributed by atoms with Gasteiger partial charge in [0.2, 0.25) is 0 Å². The van der Waals surface area contributed by atoms with E-state index in [1.165, 1.54) is 83.8 Å². The lowest BCUT2D eigenvalue weighted by molar-refractivity contribution is -0.121. The maximum absolute atomic E-state index is 11.3. The molecule has 10 aromatic rings. The number of carbonyl (C=O) groups is 2. The van der Waals surface area contributed by atoms with Gasteiger partial charge in [-0.1, -0.05) is 168 Å². The van der Waals surface area contributed by atoms with Crippen molar-refractivity contribution in [2.75, 3.05) is 37.1 Å². The second-order valence-corrected chi connectivity index (χ2v) is 36.8. The van der Waals surface area contributed by atoms with Gasteiger partial charge < -0.3 is 25.4 Å². The third-order valence-electron chi connectivity index (χ3n) is 22.9. The van der Waals surface area contributed by atoms with Crippen molar-refractivity contribution in [2.24, 2.45) is 17.8 Å². The molecule has 2 aliphatic rings. The average Bonchev–Trinajstić information content (AvgIpc) is 0.822. The number of nitrogens with zero attached hydrogens (tertiary/aromatic N) is 9. The zero-order valence-corrected chi connectivity index (χ0v) is 76.9. The first-order chi connectivity index (χ1) is 57.8. The number of hydrogen-bond acceptors (Lipinski definition) is 16. The van der Waals surface area contributed by atoms with Crippen molar-refractivity contribution in [2.45, 2.75) is 266 Å². The van der Waals surface area contributed by atoms with Crippen molar-refractivity contribution >= 4 is 30.0 Å². The largest absolute Gasteiger partial charge is 0.429 e. The number of hydrogen-bond donors (Lipinski definition) is 3. The van der Waals surface area contributed by atoms with Crippen molar-refractivity contribution < 1.29 is 19.1 Å². The molecule has 0 saturated heterocycles. The number of aryl methyl sites for hydroxylation is 1. The highest BCUT2D eigenvalue weighted by atomic mass is 16.5. The summed E-state index contributed by atoms with van der Waals surface area (Å²) in [4.78, 5) is 52.5. The molecule has 644 valence electrons. The molecule has 3 N–H and O–H groups in total. The summed E-state index contributed by atoms with van der Waals surface area (Å²) in [5.41, 5.74) is 26.9. The fraction of sp³-hybridized carbons (Fsp3) is 0.438. The molecule has 0 unspecified atom stereocenters. The summed E-state index contributed by atoms with van der Waals surface area (Å²) in [6, 6.07) is 68.5. The van der Waals surface area contributed by atoms with Crippen LogP contribution in [0.25, 0.3) is 34.2 Å². The maximum atomic E-state index is 11.3. The van der Waals surface area contributed by atoms with Gasteiger partial charge in [-0.15, -0.1) is 0 Å². The molecule has 0 saturated carbocycles. The number of rotatable bonds is 22. The minimum absolute atomic E-state index is 0.247. The molecular formula is C105H140N12O4. The van der Waals surface area contributed by atoms with E-state index in [1.807, 2.05) is 45.4 Å². The third kappa shape index (κ3) is 28.6. The lowest BCUT2D eigenvalue weighted by atomic mass is 10.0. The predicted octanol–water partition coefficient (Wildman–Crippen LogP) is 22.4. The Hall–Kier alpha value is -9.91. The molecule has 0 atom stereocenters. The Bertz CT molecular complexity index is 4450. The van der Waals surface area contributed by atoms with Gasteiger partial charge in [-0.25, -0.2) is 15.0 Å². The molecule has 0 amide bonds. The van der Waals surface area contributed by atoms with E-state index in [0.29, 0.717) is 103 Å². The van der Waals surface area contributed by atoms with Gasteiger partial charge in [-0.05, 0) is 271 Å². The highest BCUT2D eigenvalue weighted by molar-refractivity contribution is 5.67. The van der Waals surface area contributed by atoms with Gasteiger partial charge in [-0.2, -0.15) is 0 Å². The Labute approximate surface area is 726 Å². The van der Waals surface area contributed by atoms with Crippen LogP contribution < -0.4 is 25.4 Å².